The van der Waals surface area contributed by atoms with Gasteiger partial charge in [0, 0.05) is 6.54 Å². The van der Waals surface area contributed by atoms with Crippen LogP contribution in [0.5, 0.6) is 5.75 Å². The Bertz CT molecular complexity index is 986. The Kier molecular flexibility index (Phi) is 8.58. The summed E-state index contributed by atoms with van der Waals surface area (Å²) in [5.74, 6) is -1.18. The van der Waals surface area contributed by atoms with E-state index in [0.717, 1.165) is 11.1 Å². The van der Waals surface area contributed by atoms with Crippen LogP contribution in [0, 0.1) is 12.8 Å². The first-order valence-corrected chi connectivity index (χ1v) is 11.3. The van der Waals surface area contributed by atoms with Crippen molar-refractivity contribution in [2.24, 2.45) is 5.92 Å². The molecule has 0 aliphatic carbocycles. The number of amides is 1. The van der Waals surface area contributed by atoms with E-state index in [0.29, 0.717) is 12.3 Å². The van der Waals surface area contributed by atoms with E-state index in [1.807, 2.05) is 31.2 Å². The van der Waals surface area contributed by atoms with E-state index in [2.05, 4.69) is 10.0 Å². The number of sulfonamides is 1. The highest BCUT2D eigenvalue weighted by Crippen LogP contribution is 2.17. The van der Waals surface area contributed by atoms with Gasteiger partial charge in [-0.1, -0.05) is 43.7 Å². The number of benzene rings is 2. The van der Waals surface area contributed by atoms with Gasteiger partial charge in [-0.25, -0.2) is 8.42 Å². The van der Waals surface area contributed by atoms with Gasteiger partial charge in [-0.2, -0.15) is 4.72 Å². The van der Waals surface area contributed by atoms with Gasteiger partial charge in [0.15, 0.2) is 6.61 Å². The summed E-state index contributed by atoms with van der Waals surface area (Å²) in [6.45, 7) is 5.13. The van der Waals surface area contributed by atoms with Gasteiger partial charge in [0.1, 0.15) is 11.8 Å². The van der Waals surface area contributed by atoms with E-state index in [4.69, 9.17) is 9.47 Å². The minimum absolute atomic E-state index is 0.0115. The van der Waals surface area contributed by atoms with Crippen molar-refractivity contribution in [3.8, 4) is 5.75 Å². The zero-order valence-electron chi connectivity index (χ0n) is 18.0. The summed E-state index contributed by atoms with van der Waals surface area (Å²) in [6, 6.07) is 12.3. The second-order valence-electron chi connectivity index (χ2n) is 7.39. The minimum atomic E-state index is -3.97. The largest absolute Gasteiger partial charge is 0.497 e. The third-order valence-corrected chi connectivity index (χ3v) is 5.99. The van der Waals surface area contributed by atoms with E-state index < -0.39 is 40.5 Å². The van der Waals surface area contributed by atoms with Crippen molar-refractivity contribution in [3.63, 3.8) is 0 Å². The topological polar surface area (TPSA) is 111 Å². The van der Waals surface area contributed by atoms with Gasteiger partial charge >= 0.3 is 5.97 Å². The fourth-order valence-corrected chi connectivity index (χ4v) is 3.96. The van der Waals surface area contributed by atoms with E-state index in [1.165, 1.54) is 31.4 Å². The molecule has 1 amide bonds. The summed E-state index contributed by atoms with van der Waals surface area (Å²) in [5, 5.41) is 2.66. The van der Waals surface area contributed by atoms with Gasteiger partial charge in [0.25, 0.3) is 5.91 Å². The highest BCUT2D eigenvalue weighted by molar-refractivity contribution is 7.89. The van der Waals surface area contributed by atoms with E-state index in [-0.39, 0.29) is 4.90 Å². The van der Waals surface area contributed by atoms with E-state index in [1.54, 1.807) is 13.8 Å². The number of esters is 1. The van der Waals surface area contributed by atoms with Gasteiger partial charge in [-0.15, -0.1) is 0 Å². The molecule has 31 heavy (non-hydrogen) atoms. The van der Waals surface area contributed by atoms with E-state index in [9.17, 15) is 18.0 Å². The van der Waals surface area contributed by atoms with Crippen molar-refractivity contribution in [2.45, 2.75) is 38.3 Å². The summed E-state index contributed by atoms with van der Waals surface area (Å²) >= 11 is 0. The summed E-state index contributed by atoms with van der Waals surface area (Å²) in [5.41, 5.74) is 2.03. The molecule has 0 radical (unpaired) electrons. The summed E-state index contributed by atoms with van der Waals surface area (Å²) in [6.07, 6.45) is 0. The lowest BCUT2D eigenvalue weighted by molar-refractivity contribution is -0.151. The normalized spacial score (nSPS) is 12.3. The molecule has 2 aromatic rings. The van der Waals surface area contributed by atoms with Crippen LogP contribution in [0.4, 0.5) is 0 Å². The Morgan fingerprint density at radius 1 is 1.00 bits per heavy atom. The van der Waals surface area contributed by atoms with Gasteiger partial charge in [-0.3, -0.25) is 9.59 Å². The highest BCUT2D eigenvalue weighted by Gasteiger charge is 2.30. The van der Waals surface area contributed by atoms with Crippen LogP contribution >= 0.6 is 0 Å². The molecule has 1 atom stereocenters. The van der Waals surface area contributed by atoms with Crippen LogP contribution in [0.1, 0.15) is 25.0 Å². The summed E-state index contributed by atoms with van der Waals surface area (Å²) < 4.78 is 37.7. The molecule has 2 rings (SSSR count). The van der Waals surface area contributed by atoms with Crippen LogP contribution in [-0.4, -0.2) is 40.1 Å². The first kappa shape index (κ1) is 24.4. The number of hydrogen-bond acceptors (Lipinski definition) is 6. The van der Waals surface area contributed by atoms with Crippen LogP contribution in [-0.2, 0) is 30.9 Å². The molecule has 0 fully saturated rings. The second-order valence-corrected chi connectivity index (χ2v) is 9.10. The zero-order chi connectivity index (χ0) is 23.0. The maximum Gasteiger partial charge on any atom is 0.324 e. The first-order chi connectivity index (χ1) is 14.6. The quantitative estimate of drug-likeness (QED) is 0.539. The lowest BCUT2D eigenvalue weighted by Gasteiger charge is -2.20. The first-order valence-electron chi connectivity index (χ1n) is 9.77. The van der Waals surface area contributed by atoms with Gasteiger partial charge in [-0.05, 0) is 42.7 Å². The van der Waals surface area contributed by atoms with E-state index >= 15 is 0 Å². The molecule has 2 N–H and O–H groups in total. The van der Waals surface area contributed by atoms with Crippen molar-refractivity contribution < 1.29 is 27.5 Å². The Labute approximate surface area is 183 Å². The number of aryl methyl sites for hydroxylation is 1. The van der Waals surface area contributed by atoms with Crippen molar-refractivity contribution in [1.82, 2.24) is 10.0 Å². The van der Waals surface area contributed by atoms with Gasteiger partial charge in [0.2, 0.25) is 10.0 Å². The average Bonchev–Trinajstić information content (AvgIpc) is 2.75. The molecular formula is C22H28N2O6S. The average molecular weight is 449 g/mol. The Balaban J connectivity index is 1.93. The smallest absolute Gasteiger partial charge is 0.324 e. The van der Waals surface area contributed by atoms with Crippen molar-refractivity contribution >= 4 is 21.9 Å². The van der Waals surface area contributed by atoms with Crippen LogP contribution in [0.2, 0.25) is 0 Å². The van der Waals surface area contributed by atoms with Crippen molar-refractivity contribution in [1.29, 1.82) is 0 Å². The van der Waals surface area contributed by atoms with Crippen molar-refractivity contribution in [3.05, 3.63) is 59.7 Å². The Hall–Kier alpha value is -2.91. The number of rotatable bonds is 10. The number of nitrogens with one attached hydrogen (secondary N) is 2. The third-order valence-electron chi connectivity index (χ3n) is 4.53. The Morgan fingerprint density at radius 2 is 1.61 bits per heavy atom. The van der Waals surface area contributed by atoms with Crippen molar-refractivity contribution in [2.75, 3.05) is 13.7 Å². The molecule has 9 heteroatoms. The minimum Gasteiger partial charge on any atom is -0.497 e. The fraction of sp³-hybridized carbons (Fsp3) is 0.364. The predicted molar refractivity (Wildman–Crippen MR) is 116 cm³/mol. The molecule has 0 aliphatic heterocycles. The Morgan fingerprint density at radius 3 is 2.16 bits per heavy atom. The molecule has 0 unspecified atom stereocenters. The van der Waals surface area contributed by atoms with Crippen LogP contribution in [0.3, 0.4) is 0 Å². The molecule has 0 aliphatic rings. The number of methoxy groups -OCH3 is 1. The van der Waals surface area contributed by atoms with Gasteiger partial charge < -0.3 is 14.8 Å². The maximum absolute atomic E-state index is 12.6. The SMILES string of the molecule is COc1ccc(S(=O)(=O)N[C@H](C(=O)OCC(=O)NCc2ccc(C)cc2)C(C)C)cc1. The second kappa shape index (κ2) is 10.9. The number of ether oxygens (including phenoxy) is 2. The maximum atomic E-state index is 12.6. The lowest BCUT2D eigenvalue weighted by Crippen LogP contribution is -2.46. The number of hydrogen-bond donors (Lipinski definition) is 2. The molecule has 0 bridgehead atoms. The highest BCUT2D eigenvalue weighted by atomic mass is 32.2. The van der Waals surface area contributed by atoms with Crippen LogP contribution in [0.25, 0.3) is 0 Å². The van der Waals surface area contributed by atoms with Gasteiger partial charge in [0.05, 0.1) is 12.0 Å². The molecule has 168 valence electrons. The summed E-state index contributed by atoms with van der Waals surface area (Å²) in [4.78, 5) is 24.5. The summed E-state index contributed by atoms with van der Waals surface area (Å²) in [7, 11) is -2.49. The third kappa shape index (κ3) is 7.37. The molecular weight excluding hydrogens is 420 g/mol. The number of carbonyl (C=O) groups excluding carboxylic acids is 2. The number of carbonyl (C=O) groups is 2. The zero-order valence-corrected chi connectivity index (χ0v) is 18.9. The molecule has 8 nitrogen and oxygen atoms in total. The molecule has 0 saturated carbocycles. The molecule has 0 spiro atoms. The lowest BCUT2D eigenvalue weighted by atomic mass is 10.1. The standard InChI is InChI=1S/C22H28N2O6S/c1-15(2)21(24-31(27,28)19-11-9-18(29-4)10-12-19)22(26)30-14-20(25)23-13-17-7-5-16(3)6-8-17/h5-12,15,21,24H,13-14H2,1-4H3,(H,23,25)/t21-/m0/s1. The van der Waals surface area contributed by atoms with Crippen LogP contribution in [0.15, 0.2) is 53.4 Å². The molecule has 2 aromatic carbocycles. The molecule has 0 heterocycles. The monoisotopic (exact) mass is 448 g/mol. The van der Waals surface area contributed by atoms with Crippen LogP contribution < -0.4 is 14.8 Å². The molecule has 0 saturated heterocycles. The fourth-order valence-electron chi connectivity index (χ4n) is 2.63. The predicted octanol–water partition coefficient (Wildman–Crippen LogP) is 2.17. The molecule has 0 aromatic heterocycles.